The highest BCUT2D eigenvalue weighted by molar-refractivity contribution is 5.49. The molecule has 1 aromatic heterocycles. The van der Waals surface area contributed by atoms with Gasteiger partial charge in [-0.25, -0.2) is 0 Å². The molecule has 1 aliphatic rings. The largest absolute Gasteiger partial charge is 0.490 e. The summed E-state index contributed by atoms with van der Waals surface area (Å²) in [7, 11) is 0. The molecule has 1 aliphatic heterocycles. The maximum Gasteiger partial charge on any atom is 0.145 e. The lowest BCUT2D eigenvalue weighted by Gasteiger charge is -2.26. The predicted octanol–water partition coefficient (Wildman–Crippen LogP) is 0.375. The highest BCUT2D eigenvalue weighted by atomic mass is 16.5. The zero-order valence-corrected chi connectivity index (χ0v) is 9.26. The highest BCUT2D eigenvalue weighted by Crippen LogP contribution is 2.17. The van der Waals surface area contributed by atoms with Crippen LogP contribution in [-0.4, -0.2) is 49.3 Å². The van der Waals surface area contributed by atoms with Crippen LogP contribution in [0.1, 0.15) is 0 Å². The lowest BCUT2D eigenvalue weighted by Crippen LogP contribution is -2.38. The van der Waals surface area contributed by atoms with Gasteiger partial charge < -0.3 is 15.2 Å². The number of pyridine rings is 1. The van der Waals surface area contributed by atoms with E-state index in [9.17, 15) is 0 Å². The molecular formula is C11H17N3O2. The van der Waals surface area contributed by atoms with E-state index in [1.165, 1.54) is 0 Å². The van der Waals surface area contributed by atoms with Crippen molar-refractivity contribution in [3.8, 4) is 5.75 Å². The number of hydrogen-bond acceptors (Lipinski definition) is 5. The molecule has 0 bridgehead atoms. The Morgan fingerprint density at radius 2 is 2.25 bits per heavy atom. The quantitative estimate of drug-likeness (QED) is 0.799. The lowest BCUT2D eigenvalue weighted by molar-refractivity contribution is 0.0323. The molecule has 16 heavy (non-hydrogen) atoms. The molecule has 1 aromatic rings. The van der Waals surface area contributed by atoms with Crippen LogP contribution in [0.5, 0.6) is 5.75 Å². The van der Waals surface area contributed by atoms with Gasteiger partial charge in [0.2, 0.25) is 0 Å². The molecule has 0 unspecified atom stereocenters. The van der Waals surface area contributed by atoms with Crippen molar-refractivity contribution in [3.63, 3.8) is 0 Å². The summed E-state index contributed by atoms with van der Waals surface area (Å²) in [5, 5.41) is 0. The van der Waals surface area contributed by atoms with Crippen molar-refractivity contribution in [1.82, 2.24) is 9.88 Å². The molecule has 0 aliphatic carbocycles. The van der Waals surface area contributed by atoms with Crippen molar-refractivity contribution in [3.05, 3.63) is 18.5 Å². The molecule has 88 valence electrons. The Balaban J connectivity index is 1.73. The van der Waals surface area contributed by atoms with E-state index in [1.807, 2.05) is 0 Å². The molecule has 5 heteroatoms. The summed E-state index contributed by atoms with van der Waals surface area (Å²) in [6, 6.07) is 1.79. The normalized spacial score (nSPS) is 17.2. The van der Waals surface area contributed by atoms with E-state index >= 15 is 0 Å². The Kier molecular flexibility index (Phi) is 3.96. The first-order valence-corrected chi connectivity index (χ1v) is 5.48. The summed E-state index contributed by atoms with van der Waals surface area (Å²) in [4.78, 5) is 6.23. The van der Waals surface area contributed by atoms with Gasteiger partial charge in [-0.05, 0) is 0 Å². The minimum Gasteiger partial charge on any atom is -0.490 e. The van der Waals surface area contributed by atoms with Gasteiger partial charge >= 0.3 is 0 Å². The number of anilines is 1. The first-order chi connectivity index (χ1) is 7.86. The number of nitrogen functional groups attached to an aromatic ring is 1. The molecule has 1 fully saturated rings. The summed E-state index contributed by atoms with van der Waals surface area (Å²) < 4.78 is 10.9. The van der Waals surface area contributed by atoms with Crippen LogP contribution in [0.3, 0.4) is 0 Å². The number of morpholine rings is 1. The Hall–Kier alpha value is -1.33. The first-order valence-electron chi connectivity index (χ1n) is 5.48. The summed E-state index contributed by atoms with van der Waals surface area (Å²) >= 11 is 0. The second kappa shape index (κ2) is 5.67. The van der Waals surface area contributed by atoms with E-state index in [0.29, 0.717) is 18.0 Å². The van der Waals surface area contributed by atoms with E-state index in [-0.39, 0.29) is 0 Å². The molecule has 2 N–H and O–H groups in total. The third kappa shape index (κ3) is 3.08. The average molecular weight is 223 g/mol. The standard InChI is InChI=1S/C11H17N3O2/c12-10-9-13-2-1-11(10)16-8-5-14-3-6-15-7-4-14/h1-2,9H,3-8,12H2. The lowest BCUT2D eigenvalue weighted by atomic mass is 10.4. The fraction of sp³-hybridized carbons (Fsp3) is 0.545. The molecule has 0 amide bonds. The van der Waals surface area contributed by atoms with Crippen molar-refractivity contribution >= 4 is 5.69 Å². The van der Waals surface area contributed by atoms with Gasteiger partial charge in [0, 0.05) is 31.9 Å². The zero-order chi connectivity index (χ0) is 11.2. The third-order valence-corrected chi connectivity index (χ3v) is 2.58. The van der Waals surface area contributed by atoms with Gasteiger partial charge in [-0.1, -0.05) is 0 Å². The van der Waals surface area contributed by atoms with Gasteiger partial charge in [-0.2, -0.15) is 0 Å². The minimum absolute atomic E-state index is 0.587. The van der Waals surface area contributed by atoms with Gasteiger partial charge in [0.25, 0.3) is 0 Å². The molecule has 0 spiro atoms. The number of nitrogens with two attached hydrogens (primary N) is 1. The number of aromatic nitrogens is 1. The maximum absolute atomic E-state index is 5.72. The van der Waals surface area contributed by atoms with Crippen molar-refractivity contribution < 1.29 is 9.47 Å². The summed E-state index contributed by atoms with van der Waals surface area (Å²) in [6.45, 7) is 5.15. The minimum atomic E-state index is 0.587. The maximum atomic E-state index is 5.72. The Labute approximate surface area is 95.2 Å². The monoisotopic (exact) mass is 223 g/mol. The van der Waals surface area contributed by atoms with E-state index in [2.05, 4.69) is 9.88 Å². The fourth-order valence-corrected chi connectivity index (χ4v) is 1.63. The second-order valence-electron chi connectivity index (χ2n) is 3.72. The summed E-state index contributed by atoms with van der Waals surface area (Å²) in [6.07, 6.45) is 3.28. The van der Waals surface area contributed by atoms with Crippen molar-refractivity contribution in [1.29, 1.82) is 0 Å². The van der Waals surface area contributed by atoms with E-state index in [4.69, 9.17) is 15.2 Å². The highest BCUT2D eigenvalue weighted by Gasteiger charge is 2.09. The molecule has 0 atom stereocenters. The van der Waals surface area contributed by atoms with Crippen LogP contribution >= 0.6 is 0 Å². The van der Waals surface area contributed by atoms with Crippen LogP contribution in [0.25, 0.3) is 0 Å². The average Bonchev–Trinajstić information content (AvgIpc) is 2.33. The second-order valence-corrected chi connectivity index (χ2v) is 3.72. The molecule has 0 saturated carbocycles. The van der Waals surface area contributed by atoms with Gasteiger partial charge in [0.1, 0.15) is 12.4 Å². The summed E-state index contributed by atoms with van der Waals surface area (Å²) in [5.41, 5.74) is 6.31. The zero-order valence-electron chi connectivity index (χ0n) is 9.26. The SMILES string of the molecule is Nc1cnccc1OCCN1CCOCC1. The van der Waals surface area contributed by atoms with Gasteiger partial charge in [-0.15, -0.1) is 0 Å². The van der Waals surface area contributed by atoms with Crippen LogP contribution in [-0.2, 0) is 4.74 Å². The number of ether oxygens (including phenoxy) is 2. The smallest absolute Gasteiger partial charge is 0.145 e. The Morgan fingerprint density at radius 1 is 1.44 bits per heavy atom. The molecule has 1 saturated heterocycles. The number of hydrogen-bond donors (Lipinski definition) is 1. The third-order valence-electron chi connectivity index (χ3n) is 2.58. The van der Waals surface area contributed by atoms with Gasteiger partial charge in [0.15, 0.2) is 0 Å². The van der Waals surface area contributed by atoms with Gasteiger partial charge in [-0.3, -0.25) is 9.88 Å². The number of rotatable bonds is 4. The molecule has 5 nitrogen and oxygen atoms in total. The van der Waals surface area contributed by atoms with Crippen LogP contribution in [0, 0.1) is 0 Å². The summed E-state index contributed by atoms with van der Waals surface area (Å²) in [5.74, 6) is 0.711. The topological polar surface area (TPSA) is 60.6 Å². The van der Waals surface area contributed by atoms with Crippen molar-refractivity contribution in [2.75, 3.05) is 45.2 Å². The van der Waals surface area contributed by atoms with E-state index < -0.39 is 0 Å². The van der Waals surface area contributed by atoms with Crippen LogP contribution < -0.4 is 10.5 Å². The van der Waals surface area contributed by atoms with E-state index in [1.54, 1.807) is 18.5 Å². The van der Waals surface area contributed by atoms with Crippen LogP contribution in [0.4, 0.5) is 5.69 Å². The Bertz CT molecular complexity index is 327. The van der Waals surface area contributed by atoms with Crippen molar-refractivity contribution in [2.24, 2.45) is 0 Å². The van der Waals surface area contributed by atoms with Crippen molar-refractivity contribution in [2.45, 2.75) is 0 Å². The molecular weight excluding hydrogens is 206 g/mol. The number of nitrogens with zero attached hydrogens (tertiary/aromatic N) is 2. The molecule has 2 heterocycles. The molecule has 0 aromatic carbocycles. The first kappa shape index (κ1) is 11.2. The Morgan fingerprint density at radius 3 is 3.00 bits per heavy atom. The molecule has 2 rings (SSSR count). The molecule has 0 radical (unpaired) electrons. The fourth-order valence-electron chi connectivity index (χ4n) is 1.63. The van der Waals surface area contributed by atoms with E-state index in [0.717, 1.165) is 32.8 Å². The van der Waals surface area contributed by atoms with Crippen LogP contribution in [0.15, 0.2) is 18.5 Å². The van der Waals surface area contributed by atoms with Crippen LogP contribution in [0.2, 0.25) is 0 Å². The van der Waals surface area contributed by atoms with Gasteiger partial charge in [0.05, 0.1) is 25.1 Å². The predicted molar refractivity (Wildman–Crippen MR) is 61.4 cm³/mol.